The van der Waals surface area contributed by atoms with Crippen molar-refractivity contribution in [3.8, 4) is 11.5 Å². The molecule has 5 nitrogen and oxygen atoms in total. The van der Waals surface area contributed by atoms with Gasteiger partial charge in [0.2, 0.25) is 0 Å². The lowest BCUT2D eigenvalue weighted by atomic mass is 10.2. The first kappa shape index (κ1) is 13.8. The molecule has 1 N–H and O–H groups in total. The minimum atomic E-state index is -0.168. The second-order valence-electron chi connectivity index (χ2n) is 4.79. The van der Waals surface area contributed by atoms with Gasteiger partial charge in [-0.25, -0.2) is 4.79 Å². The molecule has 0 fully saturated rings. The lowest BCUT2D eigenvalue weighted by Gasteiger charge is -2.29. The summed E-state index contributed by atoms with van der Waals surface area (Å²) in [6.07, 6.45) is -0.168. The maximum atomic E-state index is 12.1. The van der Waals surface area contributed by atoms with Gasteiger partial charge in [-0.3, -0.25) is 5.32 Å². The number of nitrogens with one attached hydrogen (secondary N) is 1. The molecular formula is C15H16N2O3S. The van der Waals surface area contributed by atoms with Crippen molar-refractivity contribution in [2.75, 3.05) is 25.5 Å². The lowest BCUT2D eigenvalue weighted by Crippen LogP contribution is -2.43. The normalized spacial score (nSPS) is 16.3. The minimum Gasteiger partial charge on any atom is -0.486 e. The number of carbonyl (C=O) groups is 1. The number of likely N-dealkylation sites (N-methyl/N-ethyl adjacent to an activating group) is 1. The number of carbonyl (C=O) groups excluding carboxylic acids is 1. The van der Waals surface area contributed by atoms with Gasteiger partial charge in [-0.05, 0) is 29.6 Å². The molecule has 2 amide bonds. The van der Waals surface area contributed by atoms with Crippen LogP contribution >= 0.6 is 11.3 Å². The summed E-state index contributed by atoms with van der Waals surface area (Å²) in [5.41, 5.74) is 0. The topological polar surface area (TPSA) is 50.8 Å². The predicted octanol–water partition coefficient (Wildman–Crippen LogP) is 3.05. The molecule has 21 heavy (non-hydrogen) atoms. The highest BCUT2D eigenvalue weighted by Gasteiger charge is 2.23. The van der Waals surface area contributed by atoms with Crippen molar-refractivity contribution in [3.05, 3.63) is 41.8 Å². The van der Waals surface area contributed by atoms with Gasteiger partial charge < -0.3 is 14.4 Å². The summed E-state index contributed by atoms with van der Waals surface area (Å²) in [6, 6.07) is 11.2. The van der Waals surface area contributed by atoms with Gasteiger partial charge in [0.25, 0.3) is 0 Å². The van der Waals surface area contributed by atoms with Crippen LogP contribution in [0.5, 0.6) is 11.5 Å². The Labute approximate surface area is 127 Å². The molecule has 2 heterocycles. The monoisotopic (exact) mass is 304 g/mol. The van der Waals surface area contributed by atoms with Crippen LogP contribution in [0.15, 0.2) is 41.8 Å². The fourth-order valence-electron chi connectivity index (χ4n) is 2.09. The van der Waals surface area contributed by atoms with E-state index in [0.717, 1.165) is 16.5 Å². The molecule has 1 aromatic heterocycles. The maximum absolute atomic E-state index is 12.1. The first-order valence-corrected chi connectivity index (χ1v) is 7.54. The largest absolute Gasteiger partial charge is 0.486 e. The molecular weight excluding hydrogens is 288 g/mol. The summed E-state index contributed by atoms with van der Waals surface area (Å²) < 4.78 is 11.5. The van der Waals surface area contributed by atoms with E-state index < -0.39 is 0 Å². The van der Waals surface area contributed by atoms with E-state index in [0.29, 0.717) is 13.2 Å². The van der Waals surface area contributed by atoms with Gasteiger partial charge in [0.1, 0.15) is 6.61 Å². The number of fused-ring (bicyclic) bond motifs is 1. The quantitative estimate of drug-likeness (QED) is 0.948. The van der Waals surface area contributed by atoms with Crippen molar-refractivity contribution in [1.82, 2.24) is 4.90 Å². The number of rotatable bonds is 3. The third kappa shape index (κ3) is 3.28. The van der Waals surface area contributed by atoms with Crippen LogP contribution < -0.4 is 14.8 Å². The molecule has 1 aliphatic heterocycles. The zero-order valence-corrected chi connectivity index (χ0v) is 12.4. The number of amides is 2. The molecule has 0 saturated heterocycles. The third-order valence-electron chi connectivity index (χ3n) is 3.14. The zero-order chi connectivity index (χ0) is 14.7. The summed E-state index contributed by atoms with van der Waals surface area (Å²) in [6.45, 7) is 0.902. The van der Waals surface area contributed by atoms with Crippen LogP contribution in [0.1, 0.15) is 0 Å². The SMILES string of the molecule is CN(C[C@@H]1COc2ccccc2O1)C(=O)Nc1cccs1. The molecule has 0 saturated carbocycles. The molecule has 3 rings (SSSR count). The van der Waals surface area contributed by atoms with Gasteiger partial charge in [0.05, 0.1) is 11.5 Å². The van der Waals surface area contributed by atoms with Crippen molar-refractivity contribution in [2.24, 2.45) is 0 Å². The van der Waals surface area contributed by atoms with E-state index in [1.807, 2.05) is 41.8 Å². The van der Waals surface area contributed by atoms with Crippen LogP contribution in [0, 0.1) is 0 Å². The highest BCUT2D eigenvalue weighted by molar-refractivity contribution is 7.14. The smallest absolute Gasteiger partial charge is 0.322 e. The average molecular weight is 304 g/mol. The number of thiophene rings is 1. The number of para-hydroxylation sites is 2. The van der Waals surface area contributed by atoms with E-state index in [1.165, 1.54) is 11.3 Å². The molecule has 0 aliphatic carbocycles. The molecule has 1 aromatic carbocycles. The van der Waals surface area contributed by atoms with E-state index in [1.54, 1.807) is 11.9 Å². The molecule has 1 atom stereocenters. The van der Waals surface area contributed by atoms with Crippen molar-refractivity contribution in [2.45, 2.75) is 6.10 Å². The van der Waals surface area contributed by atoms with Crippen LogP contribution in [0.2, 0.25) is 0 Å². The minimum absolute atomic E-state index is 0.153. The second-order valence-corrected chi connectivity index (χ2v) is 5.73. The van der Waals surface area contributed by atoms with Crippen molar-refractivity contribution < 1.29 is 14.3 Å². The van der Waals surface area contributed by atoms with Crippen LogP contribution in [0.3, 0.4) is 0 Å². The number of ether oxygens (including phenoxy) is 2. The Balaban J connectivity index is 1.56. The Morgan fingerprint density at radius 3 is 2.90 bits per heavy atom. The molecule has 2 aromatic rings. The number of anilines is 1. The highest BCUT2D eigenvalue weighted by atomic mass is 32.1. The number of benzene rings is 1. The van der Waals surface area contributed by atoms with Crippen LogP contribution in [-0.2, 0) is 0 Å². The average Bonchev–Trinajstić information content (AvgIpc) is 3.00. The molecule has 6 heteroatoms. The summed E-state index contributed by atoms with van der Waals surface area (Å²) in [7, 11) is 1.74. The molecule has 110 valence electrons. The Morgan fingerprint density at radius 1 is 1.33 bits per heavy atom. The molecule has 0 radical (unpaired) electrons. The first-order chi connectivity index (χ1) is 10.2. The molecule has 0 unspecified atom stereocenters. The number of hydrogen-bond acceptors (Lipinski definition) is 4. The number of hydrogen-bond donors (Lipinski definition) is 1. The third-order valence-corrected chi connectivity index (χ3v) is 3.93. The van der Waals surface area contributed by atoms with Gasteiger partial charge in [-0.2, -0.15) is 0 Å². The fourth-order valence-corrected chi connectivity index (χ4v) is 2.70. The summed E-state index contributed by atoms with van der Waals surface area (Å²) in [4.78, 5) is 13.7. The first-order valence-electron chi connectivity index (χ1n) is 6.66. The van der Waals surface area contributed by atoms with E-state index >= 15 is 0 Å². The second kappa shape index (κ2) is 6.05. The van der Waals surface area contributed by atoms with Crippen LogP contribution in [0.25, 0.3) is 0 Å². The summed E-state index contributed by atoms with van der Waals surface area (Å²) in [5.74, 6) is 1.47. The Hall–Kier alpha value is -2.21. The maximum Gasteiger partial charge on any atom is 0.322 e. The van der Waals surface area contributed by atoms with E-state index in [2.05, 4.69) is 5.32 Å². The summed E-state index contributed by atoms with van der Waals surface area (Å²) >= 11 is 1.49. The van der Waals surface area contributed by atoms with E-state index in [4.69, 9.17) is 9.47 Å². The molecule has 0 bridgehead atoms. The fraction of sp³-hybridized carbons (Fsp3) is 0.267. The van der Waals surface area contributed by atoms with Gasteiger partial charge in [-0.15, -0.1) is 11.3 Å². The Bertz CT molecular complexity index is 615. The Morgan fingerprint density at radius 2 is 2.14 bits per heavy atom. The van der Waals surface area contributed by atoms with Gasteiger partial charge in [0.15, 0.2) is 17.6 Å². The van der Waals surface area contributed by atoms with Crippen LogP contribution in [0.4, 0.5) is 9.80 Å². The highest BCUT2D eigenvalue weighted by Crippen LogP contribution is 2.31. The van der Waals surface area contributed by atoms with E-state index in [9.17, 15) is 4.79 Å². The van der Waals surface area contributed by atoms with Crippen molar-refractivity contribution in [3.63, 3.8) is 0 Å². The lowest BCUT2D eigenvalue weighted by molar-refractivity contribution is 0.0731. The standard InChI is InChI=1S/C15H16N2O3S/c1-17(15(18)16-14-7-4-8-21-14)9-11-10-19-12-5-2-3-6-13(12)20-11/h2-8,11H,9-10H2,1H3,(H,16,18)/t11-/m1/s1. The van der Waals surface area contributed by atoms with Crippen molar-refractivity contribution >= 4 is 22.4 Å². The summed E-state index contributed by atoms with van der Waals surface area (Å²) in [5, 5.41) is 5.59. The Kier molecular flexibility index (Phi) is 3.96. The number of nitrogens with zero attached hydrogens (tertiary/aromatic N) is 1. The van der Waals surface area contributed by atoms with Gasteiger partial charge >= 0.3 is 6.03 Å². The molecule has 0 spiro atoms. The predicted molar refractivity (Wildman–Crippen MR) is 82.3 cm³/mol. The van der Waals surface area contributed by atoms with E-state index in [-0.39, 0.29) is 12.1 Å². The van der Waals surface area contributed by atoms with Gasteiger partial charge in [-0.1, -0.05) is 12.1 Å². The van der Waals surface area contributed by atoms with Crippen LogP contribution in [-0.4, -0.2) is 37.2 Å². The molecule has 1 aliphatic rings. The van der Waals surface area contributed by atoms with Gasteiger partial charge in [0, 0.05) is 7.05 Å². The van der Waals surface area contributed by atoms with Crippen molar-refractivity contribution in [1.29, 1.82) is 0 Å². The number of urea groups is 1. The zero-order valence-electron chi connectivity index (χ0n) is 11.6.